The van der Waals surface area contributed by atoms with E-state index in [4.69, 9.17) is 9.15 Å². The Morgan fingerprint density at radius 2 is 2.04 bits per heavy atom. The highest BCUT2D eigenvalue weighted by molar-refractivity contribution is 5.87. The van der Waals surface area contributed by atoms with Crippen LogP contribution in [0, 0.1) is 6.92 Å². The third-order valence-electron chi connectivity index (χ3n) is 4.19. The maximum absolute atomic E-state index is 12.2. The fourth-order valence-electron chi connectivity index (χ4n) is 2.90. The molecule has 1 aromatic carbocycles. The van der Waals surface area contributed by atoms with Crippen molar-refractivity contribution in [3.63, 3.8) is 0 Å². The number of aryl methyl sites for hydroxylation is 1. The minimum Gasteiger partial charge on any atom is -0.423 e. The van der Waals surface area contributed by atoms with E-state index in [0.29, 0.717) is 17.7 Å². The van der Waals surface area contributed by atoms with Crippen molar-refractivity contribution in [3.05, 3.63) is 45.8 Å². The maximum Gasteiger partial charge on any atom is 0.336 e. The van der Waals surface area contributed by atoms with Gasteiger partial charge in [-0.15, -0.1) is 0 Å². The highest BCUT2D eigenvalue weighted by Gasteiger charge is 2.12. The Bertz CT molecular complexity index is 778. The van der Waals surface area contributed by atoms with E-state index in [9.17, 15) is 9.59 Å². The van der Waals surface area contributed by atoms with Crippen molar-refractivity contribution in [1.29, 1.82) is 0 Å². The number of carbonyl (C=O) groups excluding carboxylic acids is 1. The molecule has 1 fully saturated rings. The normalized spacial score (nSPS) is 15.5. The van der Waals surface area contributed by atoms with E-state index in [-0.39, 0.29) is 12.3 Å². The molecule has 0 aliphatic carbocycles. The van der Waals surface area contributed by atoms with Crippen LogP contribution in [0.1, 0.15) is 11.1 Å². The Balaban J connectivity index is 1.61. The zero-order valence-corrected chi connectivity index (χ0v) is 13.8. The number of ether oxygens (including phenoxy) is 1. The lowest BCUT2D eigenvalue weighted by Gasteiger charge is -2.26. The molecule has 0 unspecified atom stereocenters. The van der Waals surface area contributed by atoms with Gasteiger partial charge in [0.2, 0.25) is 5.91 Å². The standard InChI is InChI=1S/C18H22N2O4/c1-13-2-3-15-14(12-18(22)24-16(15)10-13)11-17(21)19-4-5-20-6-8-23-9-7-20/h2-3,10,12H,4-9,11H2,1H3,(H,19,21). The van der Waals surface area contributed by atoms with Gasteiger partial charge in [0.1, 0.15) is 5.58 Å². The van der Waals surface area contributed by atoms with Gasteiger partial charge in [-0.05, 0) is 24.1 Å². The predicted molar refractivity (Wildman–Crippen MR) is 91.2 cm³/mol. The molecule has 1 aromatic heterocycles. The van der Waals surface area contributed by atoms with Crippen LogP contribution in [0.15, 0.2) is 33.5 Å². The summed E-state index contributed by atoms with van der Waals surface area (Å²) in [5.74, 6) is -0.0873. The predicted octanol–water partition coefficient (Wildman–Crippen LogP) is 1.09. The van der Waals surface area contributed by atoms with Crippen LogP contribution >= 0.6 is 0 Å². The lowest BCUT2D eigenvalue weighted by Crippen LogP contribution is -2.41. The van der Waals surface area contributed by atoms with Gasteiger partial charge in [-0.3, -0.25) is 9.69 Å². The zero-order chi connectivity index (χ0) is 16.9. The van der Waals surface area contributed by atoms with Crippen LogP contribution in [0.5, 0.6) is 0 Å². The summed E-state index contributed by atoms with van der Waals surface area (Å²) < 4.78 is 10.5. The number of amides is 1. The quantitative estimate of drug-likeness (QED) is 0.831. The molecule has 1 aliphatic heterocycles. The Kier molecular flexibility index (Phi) is 5.27. The van der Waals surface area contributed by atoms with Crippen LogP contribution in [-0.2, 0) is 16.0 Å². The fourth-order valence-corrected chi connectivity index (χ4v) is 2.90. The van der Waals surface area contributed by atoms with Crippen LogP contribution in [0.4, 0.5) is 0 Å². The second-order valence-electron chi connectivity index (χ2n) is 6.07. The number of benzene rings is 1. The van der Waals surface area contributed by atoms with Gasteiger partial charge in [0.05, 0.1) is 19.6 Å². The number of hydrogen-bond acceptors (Lipinski definition) is 5. The topological polar surface area (TPSA) is 71.8 Å². The highest BCUT2D eigenvalue weighted by Crippen LogP contribution is 2.18. The monoisotopic (exact) mass is 330 g/mol. The van der Waals surface area contributed by atoms with Gasteiger partial charge in [-0.25, -0.2) is 4.79 Å². The molecular formula is C18H22N2O4. The Hall–Kier alpha value is -2.18. The maximum atomic E-state index is 12.2. The Morgan fingerprint density at radius 3 is 2.83 bits per heavy atom. The van der Waals surface area contributed by atoms with Gasteiger partial charge < -0.3 is 14.5 Å². The molecule has 6 heteroatoms. The Labute approximate surface area is 140 Å². The van der Waals surface area contributed by atoms with E-state index >= 15 is 0 Å². The lowest BCUT2D eigenvalue weighted by atomic mass is 10.1. The number of nitrogens with zero attached hydrogens (tertiary/aromatic N) is 1. The van der Waals surface area contributed by atoms with E-state index in [1.165, 1.54) is 6.07 Å². The van der Waals surface area contributed by atoms with Gasteiger partial charge in [0, 0.05) is 37.6 Å². The molecule has 0 spiro atoms. The lowest BCUT2D eigenvalue weighted by molar-refractivity contribution is -0.120. The molecule has 128 valence electrons. The third kappa shape index (κ3) is 4.21. The second kappa shape index (κ2) is 7.59. The number of fused-ring (bicyclic) bond motifs is 1. The first-order chi connectivity index (χ1) is 11.6. The van der Waals surface area contributed by atoms with Crippen molar-refractivity contribution in [2.24, 2.45) is 0 Å². The first-order valence-corrected chi connectivity index (χ1v) is 8.22. The van der Waals surface area contributed by atoms with Crippen molar-refractivity contribution >= 4 is 16.9 Å². The van der Waals surface area contributed by atoms with Gasteiger partial charge in [-0.2, -0.15) is 0 Å². The van der Waals surface area contributed by atoms with E-state index < -0.39 is 5.63 Å². The van der Waals surface area contributed by atoms with Crippen molar-refractivity contribution in [2.75, 3.05) is 39.4 Å². The molecule has 0 radical (unpaired) electrons. The molecule has 2 heterocycles. The third-order valence-corrected chi connectivity index (χ3v) is 4.19. The Morgan fingerprint density at radius 1 is 1.25 bits per heavy atom. The molecule has 6 nitrogen and oxygen atoms in total. The van der Waals surface area contributed by atoms with Gasteiger partial charge in [-0.1, -0.05) is 12.1 Å². The molecule has 0 bridgehead atoms. The van der Waals surface area contributed by atoms with Crippen LogP contribution < -0.4 is 10.9 Å². The number of hydrogen-bond donors (Lipinski definition) is 1. The van der Waals surface area contributed by atoms with Gasteiger partial charge in [0.15, 0.2) is 0 Å². The highest BCUT2D eigenvalue weighted by atomic mass is 16.5. The number of carbonyl (C=O) groups is 1. The van der Waals surface area contributed by atoms with Crippen molar-refractivity contribution in [1.82, 2.24) is 10.2 Å². The van der Waals surface area contributed by atoms with Crippen molar-refractivity contribution in [3.8, 4) is 0 Å². The summed E-state index contributed by atoms with van der Waals surface area (Å²) in [5.41, 5.74) is 1.81. The molecule has 2 aromatic rings. The van der Waals surface area contributed by atoms with E-state index in [0.717, 1.165) is 43.8 Å². The SMILES string of the molecule is Cc1ccc2c(CC(=O)NCCN3CCOCC3)cc(=O)oc2c1. The molecule has 1 N–H and O–H groups in total. The van der Waals surface area contributed by atoms with Crippen molar-refractivity contribution < 1.29 is 13.9 Å². The minimum absolute atomic E-state index is 0.0873. The van der Waals surface area contributed by atoms with Crippen LogP contribution in [0.2, 0.25) is 0 Å². The summed E-state index contributed by atoms with van der Waals surface area (Å²) >= 11 is 0. The fraction of sp³-hybridized carbons (Fsp3) is 0.444. The van der Waals surface area contributed by atoms with Crippen LogP contribution in [0.3, 0.4) is 0 Å². The van der Waals surface area contributed by atoms with Crippen LogP contribution in [0.25, 0.3) is 11.0 Å². The van der Waals surface area contributed by atoms with Crippen molar-refractivity contribution in [2.45, 2.75) is 13.3 Å². The first kappa shape index (κ1) is 16.7. The average Bonchev–Trinajstić information content (AvgIpc) is 2.55. The minimum atomic E-state index is -0.427. The van der Waals surface area contributed by atoms with Gasteiger partial charge >= 0.3 is 5.63 Å². The van der Waals surface area contributed by atoms with Crippen LogP contribution in [-0.4, -0.2) is 50.2 Å². The summed E-state index contributed by atoms with van der Waals surface area (Å²) in [6.07, 6.45) is 0.175. The summed E-state index contributed by atoms with van der Waals surface area (Å²) in [4.78, 5) is 26.2. The molecule has 1 aliphatic rings. The molecule has 0 saturated carbocycles. The number of nitrogens with one attached hydrogen (secondary N) is 1. The molecule has 3 rings (SSSR count). The molecule has 0 atom stereocenters. The second-order valence-corrected chi connectivity index (χ2v) is 6.07. The van der Waals surface area contributed by atoms with E-state index in [1.54, 1.807) is 0 Å². The molecule has 1 amide bonds. The average molecular weight is 330 g/mol. The molecule has 1 saturated heterocycles. The smallest absolute Gasteiger partial charge is 0.336 e. The van der Waals surface area contributed by atoms with E-state index in [2.05, 4.69) is 10.2 Å². The number of morpholine rings is 1. The molecule has 24 heavy (non-hydrogen) atoms. The van der Waals surface area contributed by atoms with Gasteiger partial charge in [0.25, 0.3) is 0 Å². The summed E-state index contributed by atoms with van der Waals surface area (Å²) in [5, 5.41) is 3.73. The van der Waals surface area contributed by atoms with E-state index in [1.807, 2.05) is 25.1 Å². The number of rotatable bonds is 5. The molecular weight excluding hydrogens is 308 g/mol. The zero-order valence-electron chi connectivity index (χ0n) is 13.8. The summed E-state index contributed by atoms with van der Waals surface area (Å²) in [6.45, 7) is 6.64. The summed E-state index contributed by atoms with van der Waals surface area (Å²) in [7, 11) is 0. The first-order valence-electron chi connectivity index (χ1n) is 8.22. The summed E-state index contributed by atoms with van der Waals surface area (Å²) in [6, 6.07) is 7.06. The largest absolute Gasteiger partial charge is 0.423 e.